The van der Waals surface area contributed by atoms with Gasteiger partial charge in [-0.2, -0.15) is 0 Å². The van der Waals surface area contributed by atoms with Crippen LogP contribution < -0.4 is 0 Å². The van der Waals surface area contributed by atoms with Crippen molar-refractivity contribution in [1.82, 2.24) is 0 Å². The van der Waals surface area contributed by atoms with Gasteiger partial charge in [-0.3, -0.25) is 4.99 Å². The predicted octanol–water partition coefficient (Wildman–Crippen LogP) is 3.33. The first-order valence-electron chi connectivity index (χ1n) is 4.89. The van der Waals surface area contributed by atoms with E-state index in [0.29, 0.717) is 0 Å². The van der Waals surface area contributed by atoms with E-state index in [-0.39, 0.29) is 3.42 Å². The van der Waals surface area contributed by atoms with Gasteiger partial charge in [0.2, 0.25) is 0 Å². The molecule has 0 amide bonds. The highest BCUT2D eigenvalue weighted by Crippen LogP contribution is 2.31. The summed E-state index contributed by atoms with van der Waals surface area (Å²) in [5.41, 5.74) is 4.12. The average molecular weight is 299 g/mol. The lowest BCUT2D eigenvalue weighted by atomic mass is 9.95. The zero-order valence-electron chi connectivity index (χ0n) is 8.55. The van der Waals surface area contributed by atoms with Crippen LogP contribution in [0.2, 0.25) is 0 Å². The van der Waals surface area contributed by atoms with E-state index in [9.17, 15) is 0 Å². The van der Waals surface area contributed by atoms with Crippen LogP contribution in [0.1, 0.15) is 30.5 Å². The third-order valence-corrected chi connectivity index (χ3v) is 3.20. The molecule has 1 aliphatic heterocycles. The van der Waals surface area contributed by atoms with Gasteiger partial charge in [0.05, 0.1) is 0 Å². The van der Waals surface area contributed by atoms with Crippen molar-refractivity contribution in [3.05, 3.63) is 34.9 Å². The van der Waals surface area contributed by atoms with E-state index < -0.39 is 0 Å². The molecule has 0 unspecified atom stereocenters. The molecule has 0 N–H and O–H groups in total. The zero-order valence-corrected chi connectivity index (χ0v) is 10.7. The van der Waals surface area contributed by atoms with Crippen LogP contribution >= 0.6 is 22.6 Å². The van der Waals surface area contributed by atoms with Crippen LogP contribution in [0.25, 0.3) is 0 Å². The Morgan fingerprint density at radius 2 is 2.14 bits per heavy atom. The van der Waals surface area contributed by atoms with Crippen LogP contribution in [0.4, 0.5) is 0 Å². The van der Waals surface area contributed by atoms with Gasteiger partial charge in [0.25, 0.3) is 0 Å². The molecular weight excluding hydrogens is 285 g/mol. The van der Waals surface area contributed by atoms with Crippen LogP contribution in [0, 0.1) is 0 Å². The van der Waals surface area contributed by atoms with Gasteiger partial charge < -0.3 is 0 Å². The molecule has 0 saturated heterocycles. The van der Waals surface area contributed by atoms with Crippen molar-refractivity contribution in [2.24, 2.45) is 4.99 Å². The van der Waals surface area contributed by atoms with Crippen LogP contribution in [-0.2, 0) is 9.84 Å². The highest BCUT2D eigenvalue weighted by molar-refractivity contribution is 14.1. The summed E-state index contributed by atoms with van der Waals surface area (Å²) in [4.78, 5) is 4.31. The van der Waals surface area contributed by atoms with E-state index in [0.717, 1.165) is 13.0 Å². The van der Waals surface area contributed by atoms with E-state index in [1.165, 1.54) is 16.7 Å². The van der Waals surface area contributed by atoms with Gasteiger partial charge in [-0.1, -0.05) is 34.7 Å². The van der Waals surface area contributed by atoms with Gasteiger partial charge in [-0.25, -0.2) is 0 Å². The average Bonchev–Trinajstić information content (AvgIpc) is 2.16. The number of alkyl halides is 1. The summed E-state index contributed by atoms with van der Waals surface area (Å²) in [5.74, 6) is 0. The normalized spacial score (nSPS) is 15.4. The topological polar surface area (TPSA) is 12.4 Å². The number of nitrogens with zero attached hydrogens (tertiary/aromatic N) is 1. The van der Waals surface area contributed by atoms with E-state index in [4.69, 9.17) is 0 Å². The van der Waals surface area contributed by atoms with Crippen molar-refractivity contribution in [2.45, 2.75) is 23.7 Å². The van der Waals surface area contributed by atoms with Gasteiger partial charge >= 0.3 is 0 Å². The molecule has 0 aliphatic carbocycles. The Morgan fingerprint density at radius 1 is 1.36 bits per heavy atom. The molecule has 2 rings (SSSR count). The lowest BCUT2D eigenvalue weighted by Crippen LogP contribution is -2.10. The first kappa shape index (κ1) is 10.1. The highest BCUT2D eigenvalue weighted by Gasteiger charge is 2.17. The summed E-state index contributed by atoms with van der Waals surface area (Å²) >= 11 is 2.47. The lowest BCUT2D eigenvalue weighted by molar-refractivity contribution is 0.823. The Bertz CT molecular complexity index is 374. The van der Waals surface area contributed by atoms with Crippen molar-refractivity contribution in [3.8, 4) is 0 Å². The molecule has 0 fully saturated rings. The van der Waals surface area contributed by atoms with Crippen LogP contribution in [-0.4, -0.2) is 12.8 Å². The number of hydrogen-bond donors (Lipinski definition) is 0. The molecule has 0 atom stereocenters. The largest absolute Gasteiger partial charge is 0.292 e. The third-order valence-electron chi connectivity index (χ3n) is 2.57. The summed E-state index contributed by atoms with van der Waals surface area (Å²) in [7, 11) is 0. The molecule has 0 spiro atoms. The number of rotatable bonds is 1. The minimum absolute atomic E-state index is 0.206. The Morgan fingerprint density at radius 3 is 2.86 bits per heavy atom. The van der Waals surface area contributed by atoms with Gasteiger partial charge in [0.1, 0.15) is 0 Å². The predicted molar refractivity (Wildman–Crippen MR) is 69.7 cm³/mol. The quantitative estimate of drug-likeness (QED) is 0.557. The second-order valence-corrected chi connectivity index (χ2v) is 6.87. The van der Waals surface area contributed by atoms with Gasteiger partial charge in [0.15, 0.2) is 0 Å². The number of aliphatic imine (C=N–C) groups is 1. The molecule has 1 heterocycles. The maximum atomic E-state index is 4.31. The smallest absolute Gasteiger partial charge is 0.0430 e. The Hall–Kier alpha value is -0.380. The van der Waals surface area contributed by atoms with E-state index in [1.54, 1.807) is 0 Å². The molecule has 0 saturated carbocycles. The number of benzene rings is 1. The van der Waals surface area contributed by atoms with Crippen molar-refractivity contribution < 1.29 is 0 Å². The molecule has 0 radical (unpaired) electrons. The second kappa shape index (κ2) is 3.65. The summed E-state index contributed by atoms with van der Waals surface area (Å²) in [5, 5.41) is 0. The number of fused-ring (bicyclic) bond motifs is 1. The summed E-state index contributed by atoms with van der Waals surface area (Å²) in [6, 6.07) is 6.76. The standard InChI is InChI=1S/C12H14IN/c1-12(2,13)11-4-3-9-5-6-14-8-10(9)7-11/h3-4,7-8H,5-6H2,1-2H3. The van der Waals surface area contributed by atoms with Crippen LogP contribution in [0.5, 0.6) is 0 Å². The fourth-order valence-corrected chi connectivity index (χ4v) is 2.00. The second-order valence-electron chi connectivity index (χ2n) is 4.17. The maximum Gasteiger partial charge on any atom is 0.0430 e. The Kier molecular flexibility index (Phi) is 2.64. The molecule has 0 bridgehead atoms. The Balaban J connectivity index is 2.45. The van der Waals surface area contributed by atoms with E-state index in [1.807, 2.05) is 6.21 Å². The lowest BCUT2D eigenvalue weighted by Gasteiger charge is -2.19. The highest BCUT2D eigenvalue weighted by atomic mass is 127. The van der Waals surface area contributed by atoms with Crippen molar-refractivity contribution in [1.29, 1.82) is 0 Å². The summed E-state index contributed by atoms with van der Waals surface area (Å²) in [6.07, 6.45) is 3.10. The van der Waals surface area contributed by atoms with Crippen LogP contribution in [0.3, 0.4) is 0 Å². The monoisotopic (exact) mass is 299 g/mol. The molecule has 1 aromatic carbocycles. The molecule has 1 aromatic rings. The fraction of sp³-hybridized carbons (Fsp3) is 0.417. The minimum atomic E-state index is 0.206. The first-order valence-corrected chi connectivity index (χ1v) is 5.97. The molecule has 0 aromatic heterocycles. The summed E-state index contributed by atoms with van der Waals surface area (Å²) in [6.45, 7) is 5.41. The van der Waals surface area contributed by atoms with E-state index in [2.05, 4.69) is 59.6 Å². The fourth-order valence-electron chi connectivity index (χ4n) is 1.66. The molecule has 1 nitrogen and oxygen atoms in total. The maximum absolute atomic E-state index is 4.31. The zero-order chi connectivity index (χ0) is 10.2. The van der Waals surface area contributed by atoms with Crippen molar-refractivity contribution >= 4 is 28.8 Å². The number of halogens is 1. The minimum Gasteiger partial charge on any atom is -0.292 e. The SMILES string of the molecule is CC(C)(I)c1ccc2c(c1)C=NCC2. The van der Waals surface area contributed by atoms with Gasteiger partial charge in [0, 0.05) is 16.2 Å². The van der Waals surface area contributed by atoms with Crippen molar-refractivity contribution in [3.63, 3.8) is 0 Å². The molecule has 2 heteroatoms. The van der Waals surface area contributed by atoms with Crippen molar-refractivity contribution in [2.75, 3.05) is 6.54 Å². The molecule has 14 heavy (non-hydrogen) atoms. The molecule has 1 aliphatic rings. The molecule has 74 valence electrons. The van der Waals surface area contributed by atoms with Gasteiger partial charge in [-0.05, 0) is 43.0 Å². The Labute approximate surface area is 98.8 Å². The molecular formula is C12H14IN. The third kappa shape index (κ3) is 2.00. The summed E-state index contributed by atoms with van der Waals surface area (Å²) < 4.78 is 0.206. The van der Waals surface area contributed by atoms with Crippen LogP contribution in [0.15, 0.2) is 23.2 Å². The first-order chi connectivity index (χ1) is 6.57. The number of hydrogen-bond acceptors (Lipinski definition) is 1. The van der Waals surface area contributed by atoms with E-state index >= 15 is 0 Å². The van der Waals surface area contributed by atoms with Gasteiger partial charge in [-0.15, -0.1) is 0 Å².